The zero-order valence-corrected chi connectivity index (χ0v) is 13.0. The topological polar surface area (TPSA) is 87.4 Å². The summed E-state index contributed by atoms with van der Waals surface area (Å²) < 4.78 is 14.3. The number of hydrogen-bond donors (Lipinski definition) is 2. The van der Waals surface area contributed by atoms with Gasteiger partial charge < -0.3 is 5.11 Å². The molecule has 0 spiro atoms. The average Bonchev–Trinajstić information content (AvgIpc) is 2.46. The van der Waals surface area contributed by atoms with E-state index >= 15 is 0 Å². The van der Waals surface area contributed by atoms with Crippen LogP contribution in [0.1, 0.15) is 32.3 Å². The van der Waals surface area contributed by atoms with E-state index in [0.717, 1.165) is 11.0 Å². The number of unbranched alkanes of at least 4 members (excludes halogenated alkanes) is 1. The molecule has 0 aliphatic carbocycles. The van der Waals surface area contributed by atoms with E-state index in [0.29, 0.717) is 12.1 Å². The number of hydrogen-bond acceptors (Lipinski definition) is 4. The Hall–Kier alpha value is -2.70. The molecule has 7 heteroatoms. The van der Waals surface area contributed by atoms with Crippen molar-refractivity contribution in [1.29, 1.82) is 0 Å². The van der Waals surface area contributed by atoms with Gasteiger partial charge in [0.05, 0.1) is 11.4 Å². The summed E-state index contributed by atoms with van der Waals surface area (Å²) in [4.78, 5) is 30.1. The second-order valence-electron chi connectivity index (χ2n) is 5.14. The molecular weight excluding hydrogens is 301 g/mol. The number of halogens is 1. The molecule has 2 aromatic rings. The fourth-order valence-electron chi connectivity index (χ4n) is 2.20. The van der Waals surface area contributed by atoms with Gasteiger partial charge in [-0.15, -0.1) is 0 Å². The van der Waals surface area contributed by atoms with E-state index in [1.807, 2.05) is 6.92 Å². The first-order valence-electron chi connectivity index (χ1n) is 7.31. The molecule has 0 aliphatic heterocycles. The number of nitrogens with one attached hydrogen (secondary N) is 1. The summed E-state index contributed by atoms with van der Waals surface area (Å²) in [6.45, 7) is 3.76. The first-order valence-corrected chi connectivity index (χ1v) is 7.31. The van der Waals surface area contributed by atoms with Gasteiger partial charge in [0, 0.05) is 6.54 Å². The van der Waals surface area contributed by atoms with E-state index in [1.54, 1.807) is 6.07 Å². The molecule has 0 radical (unpaired) electrons. The third kappa shape index (κ3) is 3.74. The van der Waals surface area contributed by atoms with E-state index in [1.165, 1.54) is 25.1 Å². The molecule has 0 saturated heterocycles. The summed E-state index contributed by atoms with van der Waals surface area (Å²) in [5.41, 5.74) is -0.974. The molecular formula is C16H18FN3O3. The summed E-state index contributed by atoms with van der Waals surface area (Å²) >= 11 is 0. The van der Waals surface area contributed by atoms with Crippen LogP contribution >= 0.6 is 0 Å². The second kappa shape index (κ2) is 7.04. The highest BCUT2D eigenvalue weighted by molar-refractivity contribution is 6.01. The average molecular weight is 319 g/mol. The van der Waals surface area contributed by atoms with Crippen molar-refractivity contribution >= 4 is 11.4 Å². The van der Waals surface area contributed by atoms with Crippen LogP contribution in [0, 0.1) is 5.82 Å². The zero-order chi connectivity index (χ0) is 17.0. The van der Waals surface area contributed by atoms with Gasteiger partial charge in [-0.2, -0.15) is 0 Å². The van der Waals surface area contributed by atoms with Crippen molar-refractivity contribution in [1.82, 2.24) is 9.55 Å². The van der Waals surface area contributed by atoms with Crippen molar-refractivity contribution in [3.8, 4) is 5.88 Å². The van der Waals surface area contributed by atoms with Crippen LogP contribution in [0.4, 0.5) is 10.1 Å². The quantitative estimate of drug-likeness (QED) is 0.829. The van der Waals surface area contributed by atoms with Crippen LogP contribution in [-0.4, -0.2) is 20.4 Å². The molecule has 0 saturated carbocycles. The van der Waals surface area contributed by atoms with Crippen LogP contribution in [-0.2, 0) is 6.54 Å². The van der Waals surface area contributed by atoms with E-state index in [2.05, 4.69) is 9.98 Å². The third-order valence-electron chi connectivity index (χ3n) is 3.37. The molecule has 1 heterocycles. The van der Waals surface area contributed by atoms with Gasteiger partial charge in [-0.25, -0.2) is 9.18 Å². The van der Waals surface area contributed by atoms with Crippen LogP contribution in [0.5, 0.6) is 5.88 Å². The Balaban J connectivity index is 2.54. The smallest absolute Gasteiger partial charge is 0.331 e. The van der Waals surface area contributed by atoms with E-state index in [4.69, 9.17) is 0 Å². The zero-order valence-electron chi connectivity index (χ0n) is 13.0. The van der Waals surface area contributed by atoms with Crippen LogP contribution in [0.3, 0.4) is 0 Å². The Morgan fingerprint density at radius 1 is 1.39 bits per heavy atom. The number of benzene rings is 1. The molecule has 122 valence electrons. The Bertz CT molecular complexity index is 852. The van der Waals surface area contributed by atoms with Crippen LogP contribution in [0.25, 0.3) is 0 Å². The molecule has 0 bridgehead atoms. The lowest BCUT2D eigenvalue weighted by atomic mass is 10.2. The highest BCUT2D eigenvalue weighted by atomic mass is 19.1. The van der Waals surface area contributed by atoms with Gasteiger partial charge in [0.25, 0.3) is 5.56 Å². The van der Waals surface area contributed by atoms with E-state index in [9.17, 15) is 19.1 Å². The minimum absolute atomic E-state index is 0.0926. The maximum Gasteiger partial charge on any atom is 0.331 e. The van der Waals surface area contributed by atoms with Crippen molar-refractivity contribution in [2.75, 3.05) is 0 Å². The summed E-state index contributed by atoms with van der Waals surface area (Å²) in [5.74, 6) is -0.880. The lowest BCUT2D eigenvalue weighted by molar-refractivity contribution is 0.394. The Morgan fingerprint density at radius 2 is 2.13 bits per heavy atom. The van der Waals surface area contributed by atoms with Gasteiger partial charge in [-0.1, -0.05) is 19.4 Å². The van der Waals surface area contributed by atoms with Crippen LogP contribution < -0.4 is 11.2 Å². The number of nitrogens with zero attached hydrogens (tertiary/aromatic N) is 2. The molecule has 0 aliphatic rings. The Labute approximate surface area is 132 Å². The van der Waals surface area contributed by atoms with Crippen LogP contribution in [0.15, 0.2) is 38.8 Å². The van der Waals surface area contributed by atoms with Gasteiger partial charge >= 0.3 is 5.69 Å². The largest absolute Gasteiger partial charge is 0.494 e. The lowest BCUT2D eigenvalue weighted by Gasteiger charge is -2.10. The maximum atomic E-state index is 13.2. The number of aromatic hydroxyl groups is 1. The highest BCUT2D eigenvalue weighted by Gasteiger charge is 2.16. The summed E-state index contributed by atoms with van der Waals surface area (Å²) in [5, 5.41) is 10.3. The fraction of sp³-hybridized carbons (Fsp3) is 0.312. The minimum Gasteiger partial charge on any atom is -0.494 e. The second-order valence-corrected chi connectivity index (χ2v) is 5.14. The predicted octanol–water partition coefficient (Wildman–Crippen LogP) is 2.32. The summed E-state index contributed by atoms with van der Waals surface area (Å²) in [6, 6.07) is 5.56. The normalized spacial score (nSPS) is 11.7. The van der Waals surface area contributed by atoms with E-state index in [-0.39, 0.29) is 17.8 Å². The maximum absolute atomic E-state index is 13.2. The van der Waals surface area contributed by atoms with Crippen molar-refractivity contribution in [3.05, 3.63) is 56.5 Å². The van der Waals surface area contributed by atoms with Gasteiger partial charge in [0.2, 0.25) is 5.88 Å². The highest BCUT2D eigenvalue weighted by Crippen LogP contribution is 2.18. The predicted molar refractivity (Wildman–Crippen MR) is 86.2 cm³/mol. The monoisotopic (exact) mass is 319 g/mol. The molecule has 0 fully saturated rings. The SMILES string of the molecule is CCCCn1c(O)c(C(C)=Nc2cccc(F)c2)c(=O)[nH]c1=O. The molecule has 0 unspecified atom stereocenters. The van der Waals surface area contributed by atoms with E-state index < -0.39 is 22.9 Å². The number of H-pyrrole nitrogens is 1. The van der Waals surface area contributed by atoms with Gasteiger partial charge in [-0.3, -0.25) is 19.3 Å². The molecule has 23 heavy (non-hydrogen) atoms. The van der Waals surface area contributed by atoms with Gasteiger partial charge in [0.1, 0.15) is 11.4 Å². The van der Waals surface area contributed by atoms with Gasteiger partial charge in [0.15, 0.2) is 0 Å². The first kappa shape index (κ1) is 16.7. The molecule has 0 amide bonds. The van der Waals surface area contributed by atoms with Crippen molar-refractivity contribution in [2.45, 2.75) is 33.2 Å². The number of aliphatic imine (C=N–C) groups is 1. The number of rotatable bonds is 5. The molecule has 2 rings (SSSR count). The summed E-state index contributed by atoms with van der Waals surface area (Å²) in [6.07, 6.45) is 1.51. The number of aromatic nitrogens is 2. The standard InChI is InChI=1S/C16H18FN3O3/c1-3-4-8-20-15(22)13(14(21)19-16(20)23)10(2)18-12-7-5-6-11(17)9-12/h5-7,9,22H,3-4,8H2,1-2H3,(H,19,21,23). The van der Waals surface area contributed by atoms with Crippen molar-refractivity contribution < 1.29 is 9.50 Å². The lowest BCUT2D eigenvalue weighted by Crippen LogP contribution is -2.33. The minimum atomic E-state index is -0.724. The molecule has 2 N–H and O–H groups in total. The van der Waals surface area contributed by atoms with Crippen LogP contribution in [0.2, 0.25) is 0 Å². The molecule has 6 nitrogen and oxygen atoms in total. The van der Waals surface area contributed by atoms with Gasteiger partial charge in [-0.05, 0) is 31.5 Å². The molecule has 1 aromatic carbocycles. The summed E-state index contributed by atoms with van der Waals surface area (Å²) in [7, 11) is 0. The Kier molecular flexibility index (Phi) is 5.10. The van der Waals surface area contributed by atoms with Crippen molar-refractivity contribution in [3.63, 3.8) is 0 Å². The molecule has 1 aromatic heterocycles. The first-order chi connectivity index (χ1) is 10.9. The Morgan fingerprint density at radius 3 is 2.78 bits per heavy atom. The third-order valence-corrected chi connectivity index (χ3v) is 3.37. The van der Waals surface area contributed by atoms with Crippen molar-refractivity contribution in [2.24, 2.45) is 4.99 Å². The number of aromatic amines is 1. The molecule has 0 atom stereocenters. The fourth-order valence-corrected chi connectivity index (χ4v) is 2.20.